The average molecular weight is 934 g/mol. The first-order valence-corrected chi connectivity index (χ1v) is 27.2. The fraction of sp³-hybridized carbons (Fsp3) is 0.900. The van der Waals surface area contributed by atoms with E-state index in [9.17, 15) is 43.3 Å². The van der Waals surface area contributed by atoms with Gasteiger partial charge in [-0.2, -0.15) is 8.42 Å². The number of ether oxygens (including phenoxy) is 2. The third kappa shape index (κ3) is 32.3. The van der Waals surface area contributed by atoms with E-state index in [2.05, 4.69) is 35.5 Å². The molecule has 0 bridgehead atoms. The molecule has 0 radical (unpaired) electrons. The smallest absolute Gasteiger partial charge is 0.394 e. The van der Waals surface area contributed by atoms with Crippen LogP contribution in [0.3, 0.4) is 0 Å². The molecule has 0 aromatic heterocycles. The fourth-order valence-electron chi connectivity index (χ4n) is 8.24. The van der Waals surface area contributed by atoms with Gasteiger partial charge < -0.3 is 40.3 Å². The molecule has 0 saturated carbocycles. The van der Waals surface area contributed by atoms with E-state index in [1.165, 1.54) is 160 Å². The maximum atomic E-state index is 13.1. The number of aliphatic hydroxyl groups is 5. The first kappa shape index (κ1) is 60.6. The highest BCUT2D eigenvalue weighted by atomic mass is 32.3. The third-order valence-corrected chi connectivity index (χ3v) is 12.8. The number of hydrogen-bond acceptors (Lipinski definition) is 11. The Labute approximate surface area is 389 Å². The van der Waals surface area contributed by atoms with E-state index in [-0.39, 0.29) is 6.42 Å². The molecular formula is C50H95NO12S. The number of aliphatic hydroxyl groups excluding tert-OH is 5. The van der Waals surface area contributed by atoms with Crippen LogP contribution in [0.15, 0.2) is 24.3 Å². The van der Waals surface area contributed by atoms with Gasteiger partial charge in [0.15, 0.2) is 6.29 Å². The van der Waals surface area contributed by atoms with Gasteiger partial charge in [0.05, 0.1) is 25.4 Å². The third-order valence-electron chi connectivity index (χ3n) is 12.3. The quantitative estimate of drug-likeness (QED) is 0.0173. The number of hydrogen-bond donors (Lipinski definition) is 7. The lowest BCUT2D eigenvalue weighted by molar-refractivity contribution is -0.298. The summed E-state index contributed by atoms with van der Waals surface area (Å²) in [4.78, 5) is 13.1. The summed E-state index contributed by atoms with van der Waals surface area (Å²) >= 11 is 0. The molecule has 1 aliphatic heterocycles. The Morgan fingerprint density at radius 3 is 1.50 bits per heavy atom. The zero-order valence-corrected chi connectivity index (χ0v) is 41.0. The molecule has 8 unspecified atom stereocenters. The molecule has 0 aliphatic carbocycles. The van der Waals surface area contributed by atoms with Gasteiger partial charge in [0.1, 0.15) is 30.5 Å². The van der Waals surface area contributed by atoms with Gasteiger partial charge >= 0.3 is 10.4 Å². The van der Waals surface area contributed by atoms with Crippen molar-refractivity contribution in [3.63, 3.8) is 0 Å². The molecule has 14 heteroatoms. The van der Waals surface area contributed by atoms with E-state index in [0.717, 1.165) is 38.5 Å². The van der Waals surface area contributed by atoms with Crippen LogP contribution in [0.25, 0.3) is 0 Å². The van der Waals surface area contributed by atoms with Crippen molar-refractivity contribution in [2.45, 2.75) is 275 Å². The predicted molar refractivity (Wildman–Crippen MR) is 256 cm³/mol. The topological polar surface area (TPSA) is 212 Å². The predicted octanol–water partition coefficient (Wildman–Crippen LogP) is 9.86. The van der Waals surface area contributed by atoms with Crippen molar-refractivity contribution in [3.8, 4) is 0 Å². The Bertz CT molecular complexity index is 1250. The summed E-state index contributed by atoms with van der Waals surface area (Å²) in [5.74, 6) is -0.709. The first-order chi connectivity index (χ1) is 30.9. The Morgan fingerprint density at radius 2 is 1.05 bits per heavy atom. The lowest BCUT2D eigenvalue weighted by Crippen LogP contribution is -2.61. The molecule has 13 nitrogen and oxygen atoms in total. The van der Waals surface area contributed by atoms with E-state index in [4.69, 9.17) is 9.47 Å². The monoisotopic (exact) mass is 934 g/mol. The highest BCUT2D eigenvalue weighted by Crippen LogP contribution is 2.26. The van der Waals surface area contributed by atoms with Crippen molar-refractivity contribution in [1.82, 2.24) is 5.32 Å². The second kappa shape index (κ2) is 40.6. The number of allylic oxidation sites excluding steroid dienone is 3. The number of rotatable bonds is 44. The molecule has 1 heterocycles. The lowest BCUT2D eigenvalue weighted by atomic mass is 9.99. The van der Waals surface area contributed by atoms with Gasteiger partial charge in [-0.3, -0.25) is 9.35 Å². The summed E-state index contributed by atoms with van der Waals surface area (Å²) in [6, 6.07) is -1.13. The van der Waals surface area contributed by atoms with Crippen LogP contribution in [0.4, 0.5) is 0 Å². The Kier molecular flexibility index (Phi) is 38.4. The zero-order chi connectivity index (χ0) is 47.1. The molecule has 1 amide bonds. The molecule has 8 atom stereocenters. The van der Waals surface area contributed by atoms with Crippen molar-refractivity contribution in [2.24, 2.45) is 0 Å². The van der Waals surface area contributed by atoms with Gasteiger partial charge in [0.25, 0.3) is 0 Å². The minimum absolute atomic E-state index is 0.241. The minimum atomic E-state index is -5.12. The number of unbranched alkanes of at least 4 members (excludes halogenated alkanes) is 29. The fourth-order valence-corrected chi connectivity index (χ4v) is 8.75. The van der Waals surface area contributed by atoms with Crippen molar-refractivity contribution < 1.29 is 57.0 Å². The first-order valence-electron chi connectivity index (χ1n) is 25.8. The molecule has 64 heavy (non-hydrogen) atoms. The van der Waals surface area contributed by atoms with E-state index in [0.29, 0.717) is 12.8 Å². The van der Waals surface area contributed by atoms with Crippen LogP contribution in [-0.4, -0.2) is 107 Å². The molecule has 1 rings (SSSR count). The standard InChI is InChI=1S/C50H95NO12S/c1-3-5-7-9-11-13-15-17-19-20-21-22-23-25-27-29-31-33-35-37-39-44(54)49(57)51-42(41-61-50-47(56)48(63-64(58,59)60)46(55)45(40-52)62-50)43(53)38-36-34-32-30-28-26-24-18-16-14-12-10-8-6-4-2/h28,30,36,38,42-48,50,52-56H,3-27,29,31-35,37,39-41H2,1-2H3,(H,51,57)(H,58,59,60)/b30-28+,38-36+. The van der Waals surface area contributed by atoms with Crippen LogP contribution in [0.2, 0.25) is 0 Å². The molecule has 1 fully saturated rings. The largest absolute Gasteiger partial charge is 0.397 e. The normalized spacial score (nSPS) is 20.9. The molecule has 0 aromatic rings. The maximum Gasteiger partial charge on any atom is 0.397 e. The summed E-state index contributed by atoms with van der Waals surface area (Å²) in [5, 5.41) is 55.3. The van der Waals surface area contributed by atoms with Gasteiger partial charge in [0.2, 0.25) is 5.91 Å². The molecule has 0 aromatic carbocycles. The summed E-state index contributed by atoms with van der Waals surface area (Å²) in [6.07, 6.45) is 35.5. The van der Waals surface area contributed by atoms with Crippen LogP contribution in [-0.2, 0) is 28.9 Å². The Morgan fingerprint density at radius 1 is 0.625 bits per heavy atom. The molecule has 0 spiro atoms. The van der Waals surface area contributed by atoms with Crippen molar-refractivity contribution in [1.29, 1.82) is 0 Å². The summed E-state index contributed by atoms with van der Waals surface area (Å²) in [7, 11) is -5.12. The number of carbonyl (C=O) groups is 1. The van der Waals surface area contributed by atoms with Crippen LogP contribution in [0.5, 0.6) is 0 Å². The maximum absolute atomic E-state index is 13.1. The van der Waals surface area contributed by atoms with Crippen LogP contribution < -0.4 is 5.32 Å². The lowest BCUT2D eigenvalue weighted by Gasteiger charge is -2.41. The number of carbonyl (C=O) groups excluding carboxylic acids is 1. The van der Waals surface area contributed by atoms with Gasteiger partial charge in [-0.05, 0) is 32.1 Å². The molecule has 1 aliphatic rings. The summed E-state index contributed by atoms with van der Waals surface area (Å²) in [6.45, 7) is 3.22. The SMILES string of the molecule is CCCCCCCCCCC/C=C/CC/C=C/C(O)C(COC1OC(CO)C(O)C(OS(=O)(=O)O)C1O)NC(=O)C(O)CCCCCCCCCCCCCCCCCCCCCC. The second-order valence-electron chi connectivity index (χ2n) is 18.3. The zero-order valence-electron chi connectivity index (χ0n) is 40.2. The van der Waals surface area contributed by atoms with Crippen LogP contribution >= 0.6 is 0 Å². The van der Waals surface area contributed by atoms with Gasteiger partial charge in [-0.1, -0.05) is 218 Å². The summed E-state index contributed by atoms with van der Waals surface area (Å²) < 4.78 is 47.6. The highest BCUT2D eigenvalue weighted by molar-refractivity contribution is 7.80. The van der Waals surface area contributed by atoms with Crippen LogP contribution in [0.1, 0.15) is 226 Å². The average Bonchev–Trinajstić information content (AvgIpc) is 3.27. The minimum Gasteiger partial charge on any atom is -0.394 e. The van der Waals surface area contributed by atoms with Crippen molar-refractivity contribution in [3.05, 3.63) is 24.3 Å². The molecule has 1 saturated heterocycles. The molecular weight excluding hydrogens is 839 g/mol. The van der Waals surface area contributed by atoms with E-state index >= 15 is 0 Å². The Hall–Kier alpha value is -1.46. The van der Waals surface area contributed by atoms with E-state index < -0.39 is 78.5 Å². The summed E-state index contributed by atoms with van der Waals surface area (Å²) in [5.41, 5.74) is 0. The molecule has 378 valence electrons. The van der Waals surface area contributed by atoms with Crippen LogP contribution in [0, 0.1) is 0 Å². The van der Waals surface area contributed by atoms with E-state index in [1.54, 1.807) is 6.08 Å². The van der Waals surface area contributed by atoms with E-state index in [1.807, 2.05) is 0 Å². The Balaban J connectivity index is 2.51. The molecule has 7 N–H and O–H groups in total. The van der Waals surface area contributed by atoms with Crippen molar-refractivity contribution in [2.75, 3.05) is 13.2 Å². The van der Waals surface area contributed by atoms with Gasteiger partial charge in [0, 0.05) is 0 Å². The van der Waals surface area contributed by atoms with Gasteiger partial charge in [-0.25, -0.2) is 4.18 Å². The number of nitrogens with one attached hydrogen (secondary N) is 1. The van der Waals surface area contributed by atoms with Gasteiger partial charge in [-0.15, -0.1) is 0 Å². The highest BCUT2D eigenvalue weighted by Gasteiger charge is 2.48. The van der Waals surface area contributed by atoms with Crippen molar-refractivity contribution >= 4 is 16.3 Å². The number of amides is 1. The second-order valence-corrected chi connectivity index (χ2v) is 19.3.